The number of aliphatic hydroxyl groups is 1. The summed E-state index contributed by atoms with van der Waals surface area (Å²) in [5, 5.41) is 12.7. The van der Waals surface area contributed by atoms with Gasteiger partial charge in [-0.3, -0.25) is 0 Å². The summed E-state index contributed by atoms with van der Waals surface area (Å²) in [7, 11) is 0. The van der Waals surface area contributed by atoms with Crippen LogP contribution in [-0.2, 0) is 0 Å². The van der Waals surface area contributed by atoms with Crippen molar-refractivity contribution in [1.29, 1.82) is 0 Å². The molecule has 7 nitrogen and oxygen atoms in total. The molecule has 106 valence electrons. The summed E-state index contributed by atoms with van der Waals surface area (Å²) in [4.78, 5) is 14.7. The molecule has 19 heavy (non-hydrogen) atoms. The largest absolute Gasteiger partial charge is 0.391 e. The average Bonchev–Trinajstić information content (AvgIpc) is 2.90. The summed E-state index contributed by atoms with van der Waals surface area (Å²) >= 11 is 0. The van der Waals surface area contributed by atoms with Gasteiger partial charge in [-0.05, 0) is 19.3 Å². The highest BCUT2D eigenvalue weighted by atomic mass is 16.3. The zero-order chi connectivity index (χ0) is 13.7. The number of hydrogen-bond acceptors (Lipinski definition) is 7. The molecule has 0 amide bonds. The maximum Gasteiger partial charge on any atom is 0.231 e. The Labute approximate surface area is 113 Å². The van der Waals surface area contributed by atoms with Crippen LogP contribution in [0.15, 0.2) is 0 Å². The number of anilines is 3. The van der Waals surface area contributed by atoms with E-state index in [1.54, 1.807) is 0 Å². The van der Waals surface area contributed by atoms with Crippen LogP contribution < -0.4 is 16.0 Å². The SMILES string of the molecule is CCCC(O)CNc1nc(N)nc(N2CCCC2)n1. The molecule has 0 spiro atoms. The van der Waals surface area contributed by atoms with Gasteiger partial charge in [0.05, 0.1) is 6.10 Å². The molecule has 7 heteroatoms. The maximum absolute atomic E-state index is 9.69. The molecule has 0 aromatic carbocycles. The van der Waals surface area contributed by atoms with Gasteiger partial charge in [0.25, 0.3) is 0 Å². The number of hydrogen-bond donors (Lipinski definition) is 3. The summed E-state index contributed by atoms with van der Waals surface area (Å²) in [5.41, 5.74) is 5.70. The molecule has 0 saturated carbocycles. The van der Waals surface area contributed by atoms with Crippen LogP contribution in [0.2, 0.25) is 0 Å². The molecule has 1 aromatic heterocycles. The highest BCUT2D eigenvalue weighted by Gasteiger charge is 2.16. The Bertz CT molecular complexity index is 407. The van der Waals surface area contributed by atoms with Gasteiger partial charge in [-0.1, -0.05) is 13.3 Å². The van der Waals surface area contributed by atoms with E-state index >= 15 is 0 Å². The lowest BCUT2D eigenvalue weighted by Gasteiger charge is -2.16. The van der Waals surface area contributed by atoms with Gasteiger partial charge in [0.1, 0.15) is 0 Å². The van der Waals surface area contributed by atoms with Crippen LogP contribution >= 0.6 is 0 Å². The van der Waals surface area contributed by atoms with Crippen LogP contribution in [0.3, 0.4) is 0 Å². The van der Waals surface area contributed by atoms with Crippen molar-refractivity contribution in [1.82, 2.24) is 15.0 Å². The molecule has 1 atom stereocenters. The minimum absolute atomic E-state index is 0.212. The predicted octanol–water partition coefficient (Wildman–Crippen LogP) is 0.627. The van der Waals surface area contributed by atoms with Crippen molar-refractivity contribution < 1.29 is 5.11 Å². The van der Waals surface area contributed by atoms with Gasteiger partial charge in [-0.25, -0.2) is 0 Å². The number of nitrogen functional groups attached to an aromatic ring is 1. The Morgan fingerprint density at radius 2 is 2.05 bits per heavy atom. The first kappa shape index (κ1) is 13.8. The van der Waals surface area contributed by atoms with Crippen LogP contribution in [0.4, 0.5) is 17.8 Å². The third-order valence-corrected chi connectivity index (χ3v) is 3.15. The van der Waals surface area contributed by atoms with Gasteiger partial charge in [0, 0.05) is 19.6 Å². The van der Waals surface area contributed by atoms with E-state index in [1.807, 2.05) is 6.92 Å². The number of aromatic nitrogens is 3. The molecule has 1 fully saturated rings. The topological polar surface area (TPSA) is 100 Å². The van der Waals surface area contributed by atoms with Crippen LogP contribution in [0.25, 0.3) is 0 Å². The summed E-state index contributed by atoms with van der Waals surface area (Å²) in [6.07, 6.45) is 3.62. The molecular formula is C12H22N6O. The van der Waals surface area contributed by atoms with Gasteiger partial charge in [0.2, 0.25) is 17.8 Å². The van der Waals surface area contributed by atoms with Crippen LogP contribution in [-0.4, -0.2) is 45.8 Å². The Morgan fingerprint density at radius 3 is 2.74 bits per heavy atom. The fourth-order valence-electron chi connectivity index (χ4n) is 2.16. The second-order valence-electron chi connectivity index (χ2n) is 4.83. The van der Waals surface area contributed by atoms with Gasteiger partial charge in [-0.15, -0.1) is 0 Å². The number of aliphatic hydroxyl groups excluding tert-OH is 1. The molecule has 0 aliphatic carbocycles. The molecule has 1 saturated heterocycles. The molecule has 2 heterocycles. The fraction of sp³-hybridized carbons (Fsp3) is 0.750. The van der Waals surface area contributed by atoms with Gasteiger partial charge in [0.15, 0.2) is 0 Å². The van der Waals surface area contributed by atoms with E-state index in [2.05, 4.69) is 25.2 Å². The van der Waals surface area contributed by atoms with E-state index in [0.29, 0.717) is 18.4 Å². The number of nitrogens with zero attached hydrogens (tertiary/aromatic N) is 4. The molecule has 2 rings (SSSR count). The Morgan fingerprint density at radius 1 is 1.32 bits per heavy atom. The number of rotatable bonds is 6. The first-order chi connectivity index (χ1) is 9.19. The smallest absolute Gasteiger partial charge is 0.231 e. The van der Waals surface area contributed by atoms with Gasteiger partial charge in [-0.2, -0.15) is 15.0 Å². The van der Waals surface area contributed by atoms with Crippen molar-refractivity contribution in [3.05, 3.63) is 0 Å². The minimum Gasteiger partial charge on any atom is -0.391 e. The van der Waals surface area contributed by atoms with Crippen molar-refractivity contribution in [3.63, 3.8) is 0 Å². The van der Waals surface area contributed by atoms with E-state index in [-0.39, 0.29) is 5.95 Å². The monoisotopic (exact) mass is 266 g/mol. The van der Waals surface area contributed by atoms with E-state index in [1.165, 1.54) is 0 Å². The summed E-state index contributed by atoms with van der Waals surface area (Å²) in [6, 6.07) is 0. The fourth-order valence-corrected chi connectivity index (χ4v) is 2.16. The third-order valence-electron chi connectivity index (χ3n) is 3.15. The lowest BCUT2D eigenvalue weighted by molar-refractivity contribution is 0.176. The standard InChI is InChI=1S/C12H22N6O/c1-2-5-9(19)8-14-11-15-10(13)16-12(17-11)18-6-3-4-7-18/h9,19H,2-8H2,1H3,(H3,13,14,15,16,17). The second kappa shape index (κ2) is 6.51. The zero-order valence-electron chi connectivity index (χ0n) is 11.3. The molecule has 1 aliphatic rings. The van der Waals surface area contributed by atoms with Crippen LogP contribution in [0, 0.1) is 0 Å². The van der Waals surface area contributed by atoms with E-state index in [0.717, 1.165) is 38.8 Å². The average molecular weight is 266 g/mol. The Hall–Kier alpha value is -1.63. The molecule has 1 unspecified atom stereocenters. The molecule has 1 aliphatic heterocycles. The lowest BCUT2D eigenvalue weighted by atomic mass is 10.2. The molecular weight excluding hydrogens is 244 g/mol. The van der Waals surface area contributed by atoms with Gasteiger partial charge >= 0.3 is 0 Å². The predicted molar refractivity (Wildman–Crippen MR) is 75.1 cm³/mol. The highest BCUT2D eigenvalue weighted by molar-refractivity contribution is 5.42. The van der Waals surface area contributed by atoms with Crippen LogP contribution in [0.5, 0.6) is 0 Å². The first-order valence-electron chi connectivity index (χ1n) is 6.87. The lowest BCUT2D eigenvalue weighted by Crippen LogP contribution is -2.24. The van der Waals surface area contributed by atoms with Crippen molar-refractivity contribution in [2.45, 2.75) is 38.7 Å². The maximum atomic E-state index is 9.69. The van der Waals surface area contributed by atoms with Gasteiger partial charge < -0.3 is 21.1 Å². The quantitative estimate of drug-likeness (QED) is 0.694. The summed E-state index contributed by atoms with van der Waals surface area (Å²) in [6.45, 7) is 4.38. The van der Waals surface area contributed by atoms with E-state index in [4.69, 9.17) is 5.73 Å². The molecule has 0 bridgehead atoms. The van der Waals surface area contributed by atoms with Crippen LogP contribution in [0.1, 0.15) is 32.6 Å². The summed E-state index contributed by atoms with van der Waals surface area (Å²) < 4.78 is 0. The van der Waals surface area contributed by atoms with E-state index < -0.39 is 6.10 Å². The zero-order valence-corrected chi connectivity index (χ0v) is 11.3. The Kier molecular flexibility index (Phi) is 4.73. The van der Waals surface area contributed by atoms with Crippen molar-refractivity contribution >= 4 is 17.8 Å². The van der Waals surface area contributed by atoms with Crippen molar-refractivity contribution in [2.75, 3.05) is 35.6 Å². The Balaban J connectivity index is 2.00. The third kappa shape index (κ3) is 3.92. The molecule has 4 N–H and O–H groups in total. The highest BCUT2D eigenvalue weighted by Crippen LogP contribution is 2.17. The normalized spacial score (nSPS) is 16.6. The van der Waals surface area contributed by atoms with Crippen molar-refractivity contribution in [2.24, 2.45) is 0 Å². The minimum atomic E-state index is -0.391. The van der Waals surface area contributed by atoms with E-state index in [9.17, 15) is 5.11 Å². The first-order valence-corrected chi connectivity index (χ1v) is 6.87. The molecule has 0 radical (unpaired) electrons. The summed E-state index contributed by atoms with van der Waals surface area (Å²) in [5.74, 6) is 1.27. The number of nitrogens with one attached hydrogen (secondary N) is 1. The molecule has 1 aromatic rings. The van der Waals surface area contributed by atoms with Crippen molar-refractivity contribution in [3.8, 4) is 0 Å². The number of nitrogens with two attached hydrogens (primary N) is 1. The second-order valence-corrected chi connectivity index (χ2v) is 4.83.